The SMILES string of the molecule is CCCn1ncnc1COc1nc(C(C)(C)C)no1. The van der Waals surface area contributed by atoms with Gasteiger partial charge in [0.25, 0.3) is 0 Å². The first kappa shape index (κ1) is 13.5. The molecule has 0 bridgehead atoms. The van der Waals surface area contributed by atoms with Gasteiger partial charge in [-0.15, -0.1) is 0 Å². The average Bonchev–Trinajstić information content (AvgIpc) is 2.94. The molecule has 7 heteroatoms. The zero-order valence-corrected chi connectivity index (χ0v) is 11.8. The second-order valence-electron chi connectivity index (χ2n) is 5.32. The summed E-state index contributed by atoms with van der Waals surface area (Å²) in [5, 5.41) is 8.01. The van der Waals surface area contributed by atoms with Gasteiger partial charge in [0.2, 0.25) is 0 Å². The van der Waals surface area contributed by atoms with E-state index in [0.29, 0.717) is 5.82 Å². The van der Waals surface area contributed by atoms with Crippen LogP contribution in [0.5, 0.6) is 6.08 Å². The lowest BCUT2D eigenvalue weighted by atomic mass is 9.96. The van der Waals surface area contributed by atoms with Crippen LogP contribution < -0.4 is 4.74 Å². The van der Waals surface area contributed by atoms with Crippen molar-refractivity contribution in [1.82, 2.24) is 24.9 Å². The van der Waals surface area contributed by atoms with E-state index < -0.39 is 0 Å². The summed E-state index contributed by atoms with van der Waals surface area (Å²) in [6.45, 7) is 9.21. The number of nitrogens with zero attached hydrogens (tertiary/aromatic N) is 5. The van der Waals surface area contributed by atoms with Crippen molar-refractivity contribution in [2.24, 2.45) is 0 Å². The quantitative estimate of drug-likeness (QED) is 0.822. The minimum Gasteiger partial charge on any atom is -0.441 e. The molecule has 0 radical (unpaired) electrons. The Balaban J connectivity index is 1.99. The molecule has 0 aliphatic carbocycles. The summed E-state index contributed by atoms with van der Waals surface area (Å²) in [4.78, 5) is 8.34. The zero-order valence-electron chi connectivity index (χ0n) is 11.8. The molecular formula is C12H19N5O2. The summed E-state index contributed by atoms with van der Waals surface area (Å²) in [6.07, 6.45) is 2.67. The fourth-order valence-corrected chi connectivity index (χ4v) is 1.50. The van der Waals surface area contributed by atoms with E-state index in [4.69, 9.17) is 9.26 Å². The fourth-order valence-electron chi connectivity index (χ4n) is 1.50. The molecule has 0 N–H and O–H groups in total. The summed E-state index contributed by atoms with van der Waals surface area (Å²) < 4.78 is 12.3. The molecule has 0 atom stereocenters. The molecule has 7 nitrogen and oxygen atoms in total. The minimum absolute atomic E-state index is 0.159. The maximum Gasteiger partial charge on any atom is 0.417 e. The molecular weight excluding hydrogens is 246 g/mol. The van der Waals surface area contributed by atoms with Crippen molar-refractivity contribution in [2.75, 3.05) is 0 Å². The summed E-state index contributed by atoms with van der Waals surface area (Å²) in [5.74, 6) is 1.37. The van der Waals surface area contributed by atoms with Crippen molar-refractivity contribution in [3.63, 3.8) is 0 Å². The van der Waals surface area contributed by atoms with Gasteiger partial charge < -0.3 is 4.74 Å². The van der Waals surface area contributed by atoms with Gasteiger partial charge in [-0.2, -0.15) is 10.1 Å². The number of aryl methyl sites for hydroxylation is 1. The van der Waals surface area contributed by atoms with E-state index in [9.17, 15) is 0 Å². The molecule has 0 saturated heterocycles. The number of aromatic nitrogens is 5. The van der Waals surface area contributed by atoms with Crippen LogP contribution in [-0.4, -0.2) is 24.9 Å². The van der Waals surface area contributed by atoms with Crippen molar-refractivity contribution >= 4 is 0 Å². The second kappa shape index (κ2) is 5.38. The zero-order chi connectivity index (χ0) is 13.9. The largest absolute Gasteiger partial charge is 0.441 e. The van der Waals surface area contributed by atoms with E-state index in [1.807, 2.05) is 20.8 Å². The molecule has 0 aliphatic heterocycles. The third kappa shape index (κ3) is 3.30. The highest BCUT2D eigenvalue weighted by Gasteiger charge is 2.21. The van der Waals surface area contributed by atoms with Crippen molar-refractivity contribution in [1.29, 1.82) is 0 Å². The lowest BCUT2D eigenvalue weighted by Crippen LogP contribution is -2.13. The molecule has 0 unspecified atom stereocenters. The van der Waals surface area contributed by atoms with Crippen LogP contribution in [-0.2, 0) is 18.6 Å². The van der Waals surface area contributed by atoms with Gasteiger partial charge >= 0.3 is 6.08 Å². The van der Waals surface area contributed by atoms with E-state index >= 15 is 0 Å². The van der Waals surface area contributed by atoms with Gasteiger partial charge in [-0.25, -0.2) is 9.67 Å². The van der Waals surface area contributed by atoms with Gasteiger partial charge in [0.05, 0.1) is 0 Å². The van der Waals surface area contributed by atoms with Gasteiger partial charge in [0.15, 0.2) is 18.3 Å². The summed E-state index contributed by atoms with van der Waals surface area (Å²) in [5.41, 5.74) is -0.159. The Morgan fingerprint density at radius 2 is 2.16 bits per heavy atom. The minimum atomic E-state index is -0.159. The number of hydrogen-bond acceptors (Lipinski definition) is 6. The lowest BCUT2D eigenvalue weighted by Gasteiger charge is -2.10. The summed E-state index contributed by atoms with van der Waals surface area (Å²) >= 11 is 0. The predicted octanol–water partition coefficient (Wildman–Crippen LogP) is 1.95. The Morgan fingerprint density at radius 1 is 1.37 bits per heavy atom. The number of rotatable bonds is 5. The Bertz CT molecular complexity index is 526. The van der Waals surface area contributed by atoms with E-state index in [1.165, 1.54) is 6.33 Å². The van der Waals surface area contributed by atoms with Crippen LogP contribution in [0.15, 0.2) is 10.9 Å². The number of hydrogen-bond donors (Lipinski definition) is 0. The van der Waals surface area contributed by atoms with Crippen molar-refractivity contribution in [2.45, 2.75) is 52.7 Å². The molecule has 0 fully saturated rings. The smallest absolute Gasteiger partial charge is 0.417 e. The topological polar surface area (TPSA) is 78.9 Å². The Labute approximate surface area is 112 Å². The fraction of sp³-hybridized carbons (Fsp3) is 0.667. The normalized spacial score (nSPS) is 11.8. The molecule has 2 heterocycles. The first-order valence-electron chi connectivity index (χ1n) is 6.34. The van der Waals surface area contributed by atoms with Gasteiger partial charge in [0.1, 0.15) is 6.33 Å². The number of ether oxygens (including phenoxy) is 1. The van der Waals surface area contributed by atoms with Crippen LogP contribution in [0, 0.1) is 0 Å². The summed E-state index contributed by atoms with van der Waals surface area (Å²) in [6, 6.07) is 0. The van der Waals surface area contributed by atoms with E-state index in [0.717, 1.165) is 18.8 Å². The molecule has 19 heavy (non-hydrogen) atoms. The van der Waals surface area contributed by atoms with Gasteiger partial charge in [0, 0.05) is 12.0 Å². The highest BCUT2D eigenvalue weighted by atomic mass is 16.6. The Hall–Kier alpha value is -1.92. The van der Waals surface area contributed by atoms with Crippen LogP contribution in [0.1, 0.15) is 45.8 Å². The van der Waals surface area contributed by atoms with Crippen molar-refractivity contribution in [3.05, 3.63) is 18.0 Å². The lowest BCUT2D eigenvalue weighted by molar-refractivity contribution is 0.186. The van der Waals surface area contributed by atoms with Crippen LogP contribution in [0.3, 0.4) is 0 Å². The molecule has 2 aromatic rings. The van der Waals surface area contributed by atoms with Crippen molar-refractivity contribution < 1.29 is 9.26 Å². The third-order valence-corrected chi connectivity index (χ3v) is 2.53. The third-order valence-electron chi connectivity index (χ3n) is 2.53. The molecule has 0 saturated carbocycles. The predicted molar refractivity (Wildman–Crippen MR) is 67.6 cm³/mol. The van der Waals surface area contributed by atoms with Gasteiger partial charge in [-0.1, -0.05) is 32.9 Å². The molecule has 0 spiro atoms. The molecule has 2 rings (SSSR count). The summed E-state index contributed by atoms with van der Waals surface area (Å²) in [7, 11) is 0. The molecule has 0 amide bonds. The maximum atomic E-state index is 5.45. The van der Waals surface area contributed by atoms with Crippen LogP contribution in [0.25, 0.3) is 0 Å². The highest BCUT2D eigenvalue weighted by molar-refractivity contribution is 5.02. The van der Waals surface area contributed by atoms with Crippen LogP contribution in [0.4, 0.5) is 0 Å². The van der Waals surface area contributed by atoms with Crippen LogP contribution in [0.2, 0.25) is 0 Å². The molecule has 0 aliphatic rings. The maximum absolute atomic E-state index is 5.45. The average molecular weight is 265 g/mol. The van der Waals surface area contributed by atoms with Crippen molar-refractivity contribution in [3.8, 4) is 6.08 Å². The van der Waals surface area contributed by atoms with Gasteiger partial charge in [-0.05, 0) is 6.42 Å². The molecule has 104 valence electrons. The Kier molecular flexibility index (Phi) is 3.82. The molecule has 2 aromatic heterocycles. The van der Waals surface area contributed by atoms with E-state index in [2.05, 4.69) is 27.1 Å². The monoisotopic (exact) mass is 265 g/mol. The second-order valence-corrected chi connectivity index (χ2v) is 5.32. The standard InChI is InChI=1S/C12H19N5O2/c1-5-6-17-9(13-8-14-17)7-18-11-15-10(16-19-11)12(2,3)4/h8H,5-7H2,1-4H3. The van der Waals surface area contributed by atoms with E-state index in [1.54, 1.807) is 4.68 Å². The van der Waals surface area contributed by atoms with Crippen LogP contribution >= 0.6 is 0 Å². The first-order valence-corrected chi connectivity index (χ1v) is 6.34. The van der Waals surface area contributed by atoms with Gasteiger partial charge in [-0.3, -0.25) is 4.52 Å². The Morgan fingerprint density at radius 3 is 2.79 bits per heavy atom. The first-order chi connectivity index (χ1) is 9.00. The molecule has 0 aromatic carbocycles. The van der Waals surface area contributed by atoms with E-state index in [-0.39, 0.29) is 18.1 Å². The highest BCUT2D eigenvalue weighted by Crippen LogP contribution is 2.21.